The van der Waals surface area contributed by atoms with Gasteiger partial charge in [0.15, 0.2) is 5.56 Å². The van der Waals surface area contributed by atoms with Gasteiger partial charge in [0.1, 0.15) is 23.4 Å². The number of hydrogen-bond donors (Lipinski definition) is 1. The predicted octanol–water partition coefficient (Wildman–Crippen LogP) is 0.343. The molecule has 9 heteroatoms. The van der Waals surface area contributed by atoms with Crippen LogP contribution in [0.1, 0.15) is 23.1 Å². The van der Waals surface area contributed by atoms with Crippen molar-refractivity contribution in [1.29, 1.82) is 5.26 Å². The molecule has 1 saturated heterocycles. The Labute approximate surface area is 156 Å². The molecule has 0 saturated carbocycles. The molecule has 1 atom stereocenters. The number of morpholine rings is 1. The van der Waals surface area contributed by atoms with Crippen LogP contribution in [-0.2, 0) is 18.8 Å². The van der Waals surface area contributed by atoms with E-state index in [2.05, 4.69) is 10.2 Å². The molecule has 2 aromatic rings. The largest absolute Gasteiger partial charge is 0.465 e. The highest BCUT2D eigenvalue weighted by atomic mass is 16.5. The van der Waals surface area contributed by atoms with E-state index in [0.717, 1.165) is 29.2 Å². The van der Waals surface area contributed by atoms with Crippen LogP contribution in [0.3, 0.4) is 0 Å². The molecule has 0 amide bonds. The van der Waals surface area contributed by atoms with Crippen molar-refractivity contribution < 1.29 is 9.15 Å². The molecule has 0 spiro atoms. The monoisotopic (exact) mass is 373 g/mol. The number of anilines is 1. The summed E-state index contributed by atoms with van der Waals surface area (Å²) in [6.45, 7) is 5.00. The number of hydrogen-bond acceptors (Lipinski definition) is 7. The summed E-state index contributed by atoms with van der Waals surface area (Å²) >= 11 is 0. The minimum absolute atomic E-state index is 0.0871. The highest BCUT2D eigenvalue weighted by Gasteiger charge is 2.26. The first-order valence-electron chi connectivity index (χ1n) is 8.76. The second kappa shape index (κ2) is 7.82. The van der Waals surface area contributed by atoms with Crippen molar-refractivity contribution in [3.8, 4) is 6.07 Å². The van der Waals surface area contributed by atoms with E-state index in [-0.39, 0.29) is 17.4 Å². The fourth-order valence-electron chi connectivity index (χ4n) is 3.28. The van der Waals surface area contributed by atoms with E-state index in [1.165, 1.54) is 18.7 Å². The lowest BCUT2D eigenvalue weighted by atomic mass is 10.1. The van der Waals surface area contributed by atoms with Gasteiger partial charge in [0.05, 0.1) is 19.3 Å². The molecule has 3 rings (SSSR count). The van der Waals surface area contributed by atoms with Crippen LogP contribution in [0, 0.1) is 18.3 Å². The first-order valence-corrected chi connectivity index (χ1v) is 8.76. The lowest BCUT2D eigenvalue weighted by molar-refractivity contribution is 0.0143. The topological polar surface area (TPSA) is 105 Å². The second-order valence-corrected chi connectivity index (χ2v) is 6.53. The fourth-order valence-corrected chi connectivity index (χ4v) is 3.28. The summed E-state index contributed by atoms with van der Waals surface area (Å²) in [5.41, 5.74) is -1.19. The SMILES string of the molecule is Cc1ccc([C@H](CNc2c(C#N)c(=O)n(C)c(=O)n2C)N2CCOCC2)o1. The Balaban J connectivity index is 1.93. The molecule has 0 radical (unpaired) electrons. The zero-order chi connectivity index (χ0) is 19.6. The molecule has 27 heavy (non-hydrogen) atoms. The van der Waals surface area contributed by atoms with Gasteiger partial charge in [0, 0.05) is 33.7 Å². The van der Waals surface area contributed by atoms with E-state index in [1.54, 1.807) is 0 Å². The molecule has 0 bridgehead atoms. The first kappa shape index (κ1) is 18.9. The zero-order valence-corrected chi connectivity index (χ0v) is 15.7. The zero-order valence-electron chi connectivity index (χ0n) is 15.7. The number of aromatic nitrogens is 2. The molecular formula is C18H23N5O4. The fraction of sp³-hybridized carbons (Fsp3) is 0.500. The Morgan fingerprint density at radius 3 is 2.52 bits per heavy atom. The van der Waals surface area contributed by atoms with Gasteiger partial charge < -0.3 is 14.5 Å². The van der Waals surface area contributed by atoms with Gasteiger partial charge in [0.2, 0.25) is 0 Å². The van der Waals surface area contributed by atoms with E-state index in [9.17, 15) is 14.9 Å². The number of furan rings is 1. The number of aryl methyl sites for hydroxylation is 1. The van der Waals surface area contributed by atoms with E-state index in [1.807, 2.05) is 25.1 Å². The maximum Gasteiger partial charge on any atom is 0.332 e. The third-order valence-electron chi connectivity index (χ3n) is 4.82. The maximum absolute atomic E-state index is 12.3. The summed E-state index contributed by atoms with van der Waals surface area (Å²) in [6.07, 6.45) is 0. The van der Waals surface area contributed by atoms with Gasteiger partial charge in [-0.1, -0.05) is 0 Å². The van der Waals surface area contributed by atoms with Crippen molar-refractivity contribution in [2.45, 2.75) is 13.0 Å². The number of nitrogens with one attached hydrogen (secondary N) is 1. The van der Waals surface area contributed by atoms with Gasteiger partial charge >= 0.3 is 5.69 Å². The molecule has 2 aromatic heterocycles. The Morgan fingerprint density at radius 2 is 1.93 bits per heavy atom. The summed E-state index contributed by atoms with van der Waals surface area (Å²) in [6, 6.07) is 5.61. The number of rotatable bonds is 5. The van der Waals surface area contributed by atoms with E-state index in [0.29, 0.717) is 19.8 Å². The van der Waals surface area contributed by atoms with Crippen LogP contribution >= 0.6 is 0 Å². The van der Waals surface area contributed by atoms with E-state index >= 15 is 0 Å². The molecule has 0 aliphatic carbocycles. The Bertz CT molecular complexity index is 975. The lowest BCUT2D eigenvalue weighted by Crippen LogP contribution is -2.43. The molecule has 144 valence electrons. The van der Waals surface area contributed by atoms with Gasteiger partial charge in [-0.3, -0.25) is 18.8 Å². The van der Waals surface area contributed by atoms with Gasteiger partial charge in [-0.15, -0.1) is 0 Å². The van der Waals surface area contributed by atoms with Crippen molar-refractivity contribution in [3.63, 3.8) is 0 Å². The van der Waals surface area contributed by atoms with Gasteiger partial charge in [-0.05, 0) is 19.1 Å². The second-order valence-electron chi connectivity index (χ2n) is 6.53. The van der Waals surface area contributed by atoms with Crippen molar-refractivity contribution in [1.82, 2.24) is 14.0 Å². The van der Waals surface area contributed by atoms with Crippen molar-refractivity contribution in [2.24, 2.45) is 14.1 Å². The summed E-state index contributed by atoms with van der Waals surface area (Å²) in [7, 11) is 2.89. The third-order valence-corrected chi connectivity index (χ3v) is 4.82. The maximum atomic E-state index is 12.3. The molecule has 1 aliphatic heterocycles. The van der Waals surface area contributed by atoms with Crippen LogP contribution in [0.15, 0.2) is 26.1 Å². The molecule has 3 heterocycles. The quantitative estimate of drug-likeness (QED) is 0.806. The highest BCUT2D eigenvalue weighted by Crippen LogP contribution is 2.24. The number of nitriles is 1. The molecular weight excluding hydrogens is 350 g/mol. The average Bonchev–Trinajstić information content (AvgIpc) is 3.11. The first-order chi connectivity index (χ1) is 12.9. The normalized spacial score (nSPS) is 16.1. The van der Waals surface area contributed by atoms with Crippen LogP contribution in [0.4, 0.5) is 5.82 Å². The van der Waals surface area contributed by atoms with Gasteiger partial charge in [-0.2, -0.15) is 5.26 Å². The average molecular weight is 373 g/mol. The molecule has 1 N–H and O–H groups in total. The van der Waals surface area contributed by atoms with Crippen molar-refractivity contribution >= 4 is 5.82 Å². The summed E-state index contributed by atoms with van der Waals surface area (Å²) < 4.78 is 13.5. The van der Waals surface area contributed by atoms with E-state index < -0.39 is 11.2 Å². The van der Waals surface area contributed by atoms with Crippen LogP contribution < -0.4 is 16.6 Å². The van der Waals surface area contributed by atoms with Gasteiger partial charge in [-0.25, -0.2) is 4.79 Å². The lowest BCUT2D eigenvalue weighted by Gasteiger charge is -2.33. The van der Waals surface area contributed by atoms with Crippen LogP contribution in [0.2, 0.25) is 0 Å². The highest BCUT2D eigenvalue weighted by molar-refractivity contribution is 5.51. The Kier molecular flexibility index (Phi) is 5.48. The van der Waals surface area contributed by atoms with Crippen LogP contribution in [-0.4, -0.2) is 46.9 Å². The predicted molar refractivity (Wildman–Crippen MR) is 98.7 cm³/mol. The minimum Gasteiger partial charge on any atom is -0.465 e. The summed E-state index contributed by atoms with van der Waals surface area (Å²) in [5, 5.41) is 12.5. The Hall–Kier alpha value is -2.83. The number of nitrogens with zero attached hydrogens (tertiary/aromatic N) is 4. The number of ether oxygens (including phenoxy) is 1. The molecule has 1 aliphatic rings. The van der Waals surface area contributed by atoms with Crippen molar-refractivity contribution in [2.75, 3.05) is 38.2 Å². The van der Waals surface area contributed by atoms with Gasteiger partial charge in [0.25, 0.3) is 5.56 Å². The molecule has 0 unspecified atom stereocenters. The van der Waals surface area contributed by atoms with Crippen LogP contribution in [0.5, 0.6) is 0 Å². The third kappa shape index (κ3) is 3.67. The summed E-state index contributed by atoms with van der Waals surface area (Å²) in [5.74, 6) is 1.81. The van der Waals surface area contributed by atoms with Crippen molar-refractivity contribution in [3.05, 3.63) is 50.1 Å². The minimum atomic E-state index is -0.611. The van der Waals surface area contributed by atoms with E-state index in [4.69, 9.17) is 9.15 Å². The standard InChI is InChI=1S/C18H23N5O4/c1-12-4-5-15(27-12)14(23-6-8-26-9-7-23)11-20-16-13(10-19)17(24)22(3)18(25)21(16)2/h4-5,14,20H,6-9,11H2,1-3H3/t14-/m0/s1. The molecule has 1 fully saturated rings. The molecule has 9 nitrogen and oxygen atoms in total. The molecule has 0 aromatic carbocycles. The Morgan fingerprint density at radius 1 is 1.22 bits per heavy atom. The van der Waals surface area contributed by atoms with Crippen LogP contribution in [0.25, 0.3) is 0 Å². The summed E-state index contributed by atoms with van der Waals surface area (Å²) in [4.78, 5) is 26.7. The smallest absolute Gasteiger partial charge is 0.332 e.